The zero-order valence-corrected chi connectivity index (χ0v) is 11.6. The zero-order chi connectivity index (χ0) is 11.5. The summed E-state index contributed by atoms with van der Waals surface area (Å²) in [6.07, 6.45) is 4.87. The quantitative estimate of drug-likeness (QED) is 0.616. The molecule has 1 aromatic heterocycles. The first kappa shape index (κ1) is 12.3. The standard InChI is InChI=1S/C10H12ClIN2O2/c11-9-8(12)10(15)14(6-13-9)4-3-7-2-1-5-16-7/h6-7H,1-5H2. The van der Waals surface area contributed by atoms with E-state index >= 15 is 0 Å². The molecule has 1 atom stereocenters. The SMILES string of the molecule is O=c1c(I)c(Cl)ncn1CCC1CCCO1. The number of rotatable bonds is 3. The van der Waals surface area contributed by atoms with Crippen molar-refractivity contribution >= 4 is 34.2 Å². The molecule has 0 aromatic carbocycles. The maximum Gasteiger partial charge on any atom is 0.268 e. The maximum absolute atomic E-state index is 11.8. The highest BCUT2D eigenvalue weighted by atomic mass is 127. The minimum absolute atomic E-state index is 0.0707. The summed E-state index contributed by atoms with van der Waals surface area (Å²) >= 11 is 7.68. The van der Waals surface area contributed by atoms with Crippen LogP contribution in [0.5, 0.6) is 0 Å². The van der Waals surface area contributed by atoms with Gasteiger partial charge >= 0.3 is 0 Å². The fraction of sp³-hybridized carbons (Fsp3) is 0.600. The smallest absolute Gasteiger partial charge is 0.268 e. The Hall–Kier alpha value is -0.140. The van der Waals surface area contributed by atoms with Gasteiger partial charge in [0, 0.05) is 13.2 Å². The van der Waals surface area contributed by atoms with Crippen molar-refractivity contribution < 1.29 is 4.74 Å². The Morgan fingerprint density at radius 3 is 3.19 bits per heavy atom. The molecule has 0 amide bonds. The summed E-state index contributed by atoms with van der Waals surface area (Å²) < 4.78 is 7.58. The highest BCUT2D eigenvalue weighted by Gasteiger charge is 2.16. The van der Waals surface area contributed by atoms with E-state index in [1.807, 2.05) is 22.6 Å². The molecule has 1 aromatic rings. The Bertz CT molecular complexity index is 429. The molecule has 0 N–H and O–H groups in total. The highest BCUT2D eigenvalue weighted by Crippen LogP contribution is 2.16. The van der Waals surface area contributed by atoms with Crippen molar-refractivity contribution in [3.63, 3.8) is 0 Å². The van der Waals surface area contributed by atoms with E-state index in [-0.39, 0.29) is 10.7 Å². The van der Waals surface area contributed by atoms with Gasteiger partial charge in [-0.15, -0.1) is 0 Å². The Balaban J connectivity index is 2.04. The number of ether oxygens (including phenoxy) is 1. The summed E-state index contributed by atoms with van der Waals surface area (Å²) in [4.78, 5) is 15.7. The van der Waals surface area contributed by atoms with Gasteiger partial charge in [0.2, 0.25) is 0 Å². The van der Waals surface area contributed by atoms with Gasteiger partial charge < -0.3 is 4.74 Å². The number of aryl methyl sites for hydroxylation is 1. The summed E-state index contributed by atoms with van der Waals surface area (Å²) in [5, 5.41) is 0.277. The van der Waals surface area contributed by atoms with Crippen LogP contribution in [0, 0.1) is 3.57 Å². The van der Waals surface area contributed by atoms with E-state index in [0.717, 1.165) is 25.9 Å². The predicted octanol–water partition coefficient (Wildman–Crippen LogP) is 2.07. The molecule has 16 heavy (non-hydrogen) atoms. The largest absolute Gasteiger partial charge is 0.378 e. The molecule has 2 rings (SSSR count). The topological polar surface area (TPSA) is 44.1 Å². The Kier molecular flexibility index (Phi) is 4.21. The fourth-order valence-corrected chi connectivity index (χ4v) is 2.33. The first-order valence-corrected chi connectivity index (χ1v) is 6.66. The molecule has 1 saturated heterocycles. The van der Waals surface area contributed by atoms with Gasteiger partial charge in [-0.3, -0.25) is 9.36 Å². The van der Waals surface area contributed by atoms with Gasteiger partial charge in [-0.1, -0.05) is 11.6 Å². The van der Waals surface area contributed by atoms with Crippen molar-refractivity contribution in [2.75, 3.05) is 6.61 Å². The van der Waals surface area contributed by atoms with Crippen molar-refractivity contribution in [3.05, 3.63) is 25.4 Å². The molecule has 2 heterocycles. The van der Waals surface area contributed by atoms with Crippen LogP contribution in [0.4, 0.5) is 0 Å². The summed E-state index contributed by atoms with van der Waals surface area (Å²) in [6.45, 7) is 1.49. The van der Waals surface area contributed by atoms with Crippen LogP contribution in [0.2, 0.25) is 5.15 Å². The van der Waals surface area contributed by atoms with E-state index in [0.29, 0.717) is 16.2 Å². The van der Waals surface area contributed by atoms with Crippen LogP contribution in [-0.2, 0) is 11.3 Å². The molecular weight excluding hydrogens is 342 g/mol. The molecular formula is C10H12ClIN2O2. The van der Waals surface area contributed by atoms with Crippen molar-refractivity contribution in [3.8, 4) is 0 Å². The Morgan fingerprint density at radius 1 is 1.69 bits per heavy atom. The minimum Gasteiger partial charge on any atom is -0.378 e. The van der Waals surface area contributed by atoms with Crippen LogP contribution < -0.4 is 5.56 Å². The van der Waals surface area contributed by atoms with Gasteiger partial charge in [0.25, 0.3) is 5.56 Å². The van der Waals surface area contributed by atoms with E-state index in [1.165, 1.54) is 6.33 Å². The summed E-state index contributed by atoms with van der Waals surface area (Å²) in [6, 6.07) is 0. The molecule has 88 valence electrons. The third-order valence-corrected chi connectivity index (χ3v) is 4.23. The van der Waals surface area contributed by atoms with Crippen LogP contribution in [0.15, 0.2) is 11.1 Å². The van der Waals surface area contributed by atoms with Crippen LogP contribution in [0.3, 0.4) is 0 Å². The fourth-order valence-electron chi connectivity index (χ4n) is 1.76. The van der Waals surface area contributed by atoms with Gasteiger partial charge in [0.05, 0.1) is 12.4 Å². The van der Waals surface area contributed by atoms with Gasteiger partial charge in [-0.2, -0.15) is 0 Å². The first-order chi connectivity index (χ1) is 7.68. The molecule has 1 unspecified atom stereocenters. The second-order valence-electron chi connectivity index (χ2n) is 3.77. The maximum atomic E-state index is 11.8. The zero-order valence-electron chi connectivity index (χ0n) is 8.66. The molecule has 1 aliphatic rings. The van der Waals surface area contributed by atoms with Crippen molar-refractivity contribution in [1.29, 1.82) is 0 Å². The molecule has 0 radical (unpaired) electrons. The molecule has 1 aliphatic heterocycles. The molecule has 0 aliphatic carbocycles. The second-order valence-corrected chi connectivity index (χ2v) is 5.21. The van der Waals surface area contributed by atoms with Gasteiger partial charge in [0.1, 0.15) is 8.72 Å². The summed E-state index contributed by atoms with van der Waals surface area (Å²) in [7, 11) is 0. The number of nitrogens with zero attached hydrogens (tertiary/aromatic N) is 2. The lowest BCUT2D eigenvalue weighted by Crippen LogP contribution is -2.25. The number of hydrogen-bond donors (Lipinski definition) is 0. The van der Waals surface area contributed by atoms with Crippen molar-refractivity contribution in [2.24, 2.45) is 0 Å². The third kappa shape index (κ3) is 2.75. The average molecular weight is 355 g/mol. The van der Waals surface area contributed by atoms with E-state index in [1.54, 1.807) is 4.57 Å². The Labute approximate surface area is 112 Å². The first-order valence-electron chi connectivity index (χ1n) is 5.20. The van der Waals surface area contributed by atoms with Crippen molar-refractivity contribution in [1.82, 2.24) is 9.55 Å². The minimum atomic E-state index is -0.0707. The molecule has 0 bridgehead atoms. The molecule has 4 nitrogen and oxygen atoms in total. The summed E-state index contributed by atoms with van der Waals surface area (Å²) in [5.41, 5.74) is -0.0707. The highest BCUT2D eigenvalue weighted by molar-refractivity contribution is 14.1. The van der Waals surface area contributed by atoms with Gasteiger partial charge in [0.15, 0.2) is 0 Å². The lowest BCUT2D eigenvalue weighted by atomic mass is 10.2. The monoisotopic (exact) mass is 354 g/mol. The predicted molar refractivity (Wildman–Crippen MR) is 69.8 cm³/mol. The Morgan fingerprint density at radius 2 is 2.50 bits per heavy atom. The van der Waals surface area contributed by atoms with Crippen LogP contribution >= 0.6 is 34.2 Å². The molecule has 1 fully saturated rings. The number of hydrogen-bond acceptors (Lipinski definition) is 3. The van der Waals surface area contributed by atoms with Crippen molar-refractivity contribution in [2.45, 2.75) is 31.9 Å². The molecule has 6 heteroatoms. The summed E-state index contributed by atoms with van der Waals surface area (Å²) in [5.74, 6) is 0. The number of halogens is 2. The lowest BCUT2D eigenvalue weighted by Gasteiger charge is -2.10. The second kappa shape index (κ2) is 5.46. The van der Waals surface area contributed by atoms with E-state index in [9.17, 15) is 4.79 Å². The lowest BCUT2D eigenvalue weighted by molar-refractivity contribution is 0.1000. The molecule has 0 saturated carbocycles. The van der Waals surface area contributed by atoms with Crippen LogP contribution in [-0.4, -0.2) is 22.3 Å². The third-order valence-electron chi connectivity index (χ3n) is 2.66. The normalized spacial score (nSPS) is 20.2. The van der Waals surface area contributed by atoms with Gasteiger partial charge in [-0.25, -0.2) is 4.98 Å². The van der Waals surface area contributed by atoms with E-state index in [4.69, 9.17) is 16.3 Å². The van der Waals surface area contributed by atoms with Gasteiger partial charge in [-0.05, 0) is 41.9 Å². The van der Waals surface area contributed by atoms with Crippen LogP contribution in [0.25, 0.3) is 0 Å². The average Bonchev–Trinajstić information content (AvgIpc) is 2.78. The number of aromatic nitrogens is 2. The van der Waals surface area contributed by atoms with Crippen LogP contribution in [0.1, 0.15) is 19.3 Å². The van der Waals surface area contributed by atoms with E-state index < -0.39 is 0 Å². The van der Waals surface area contributed by atoms with E-state index in [2.05, 4.69) is 4.98 Å². The molecule has 0 spiro atoms.